The number of thiazole rings is 1. The molecule has 2 unspecified atom stereocenters. The van der Waals surface area contributed by atoms with Crippen LogP contribution in [0.15, 0.2) is 5.38 Å². The number of rotatable bonds is 6. The van der Waals surface area contributed by atoms with Gasteiger partial charge in [0, 0.05) is 18.5 Å². The number of ether oxygens (including phenoxy) is 1. The summed E-state index contributed by atoms with van der Waals surface area (Å²) in [4.78, 5) is 14.9. The minimum absolute atomic E-state index is 0.346. The molecule has 1 fully saturated rings. The van der Waals surface area contributed by atoms with Gasteiger partial charge in [-0.25, -0.2) is 4.98 Å². The number of aromatic nitrogens is 1. The fourth-order valence-electron chi connectivity index (χ4n) is 1.85. The standard InChI is InChI=1S/C11H17N3O3S/c12-9(10(15)16)8-6-18-11(14-8)13-4-3-7-2-1-5-17-7/h6-7,9H,1-5,12H2,(H,13,14)(H,15,16). The highest BCUT2D eigenvalue weighted by Gasteiger charge is 2.18. The van der Waals surface area contributed by atoms with Gasteiger partial charge in [-0.3, -0.25) is 4.79 Å². The first-order chi connectivity index (χ1) is 8.66. The number of hydrogen-bond donors (Lipinski definition) is 3. The summed E-state index contributed by atoms with van der Waals surface area (Å²) in [7, 11) is 0. The second-order valence-electron chi connectivity index (χ2n) is 4.24. The number of carboxylic acid groups (broad SMARTS) is 1. The van der Waals surface area contributed by atoms with Crippen LogP contribution >= 0.6 is 11.3 Å². The Balaban J connectivity index is 1.77. The van der Waals surface area contributed by atoms with Crippen molar-refractivity contribution in [1.82, 2.24) is 4.98 Å². The molecule has 0 radical (unpaired) electrons. The zero-order valence-corrected chi connectivity index (χ0v) is 10.8. The second-order valence-corrected chi connectivity index (χ2v) is 5.10. The van der Waals surface area contributed by atoms with Gasteiger partial charge in [-0.15, -0.1) is 11.3 Å². The highest BCUT2D eigenvalue weighted by Crippen LogP contribution is 2.20. The predicted octanol–water partition coefficient (Wildman–Crippen LogP) is 1.21. The third kappa shape index (κ3) is 3.41. The van der Waals surface area contributed by atoms with Gasteiger partial charge in [0.2, 0.25) is 0 Å². The van der Waals surface area contributed by atoms with Gasteiger partial charge in [-0.05, 0) is 19.3 Å². The molecule has 1 aliphatic rings. The largest absolute Gasteiger partial charge is 0.480 e. The number of nitrogens with two attached hydrogens (primary N) is 1. The lowest BCUT2D eigenvalue weighted by molar-refractivity contribution is -0.138. The van der Waals surface area contributed by atoms with Crippen LogP contribution < -0.4 is 11.1 Å². The molecule has 0 saturated carbocycles. The molecule has 1 aromatic heterocycles. The summed E-state index contributed by atoms with van der Waals surface area (Å²) in [5, 5.41) is 14.3. The van der Waals surface area contributed by atoms with Crippen LogP contribution in [0.1, 0.15) is 31.0 Å². The van der Waals surface area contributed by atoms with Crippen molar-refractivity contribution in [3.05, 3.63) is 11.1 Å². The number of aliphatic carboxylic acids is 1. The van der Waals surface area contributed by atoms with Crippen molar-refractivity contribution < 1.29 is 14.6 Å². The highest BCUT2D eigenvalue weighted by molar-refractivity contribution is 7.13. The maximum Gasteiger partial charge on any atom is 0.326 e. The van der Waals surface area contributed by atoms with Crippen molar-refractivity contribution in [2.24, 2.45) is 5.73 Å². The van der Waals surface area contributed by atoms with E-state index < -0.39 is 12.0 Å². The fraction of sp³-hybridized carbons (Fsp3) is 0.636. The van der Waals surface area contributed by atoms with Crippen LogP contribution in [-0.4, -0.2) is 35.3 Å². The summed E-state index contributed by atoms with van der Waals surface area (Å²) in [5.41, 5.74) is 5.87. The summed E-state index contributed by atoms with van der Waals surface area (Å²) in [6.45, 7) is 1.64. The molecule has 1 aromatic rings. The lowest BCUT2D eigenvalue weighted by atomic mass is 10.2. The maximum atomic E-state index is 10.7. The first-order valence-corrected chi connectivity index (χ1v) is 6.84. The van der Waals surface area contributed by atoms with E-state index in [4.69, 9.17) is 15.6 Å². The van der Waals surface area contributed by atoms with Gasteiger partial charge in [0.15, 0.2) is 5.13 Å². The van der Waals surface area contributed by atoms with Crippen LogP contribution in [0.25, 0.3) is 0 Å². The van der Waals surface area contributed by atoms with Crippen LogP contribution in [0.4, 0.5) is 5.13 Å². The molecule has 0 spiro atoms. The summed E-state index contributed by atoms with van der Waals surface area (Å²) in [6.07, 6.45) is 3.55. The van der Waals surface area contributed by atoms with Crippen LogP contribution in [-0.2, 0) is 9.53 Å². The summed E-state index contributed by atoms with van der Waals surface area (Å²) < 4.78 is 5.51. The van der Waals surface area contributed by atoms with Crippen LogP contribution in [0, 0.1) is 0 Å². The molecule has 2 rings (SSSR count). The van der Waals surface area contributed by atoms with Crippen molar-refractivity contribution in [2.45, 2.75) is 31.4 Å². The lowest BCUT2D eigenvalue weighted by Crippen LogP contribution is -2.21. The molecule has 0 aromatic carbocycles. The van der Waals surface area contributed by atoms with Gasteiger partial charge in [-0.1, -0.05) is 0 Å². The van der Waals surface area contributed by atoms with Gasteiger partial charge in [-0.2, -0.15) is 0 Å². The van der Waals surface area contributed by atoms with E-state index in [-0.39, 0.29) is 0 Å². The maximum absolute atomic E-state index is 10.7. The second kappa shape index (κ2) is 6.12. The molecule has 0 amide bonds. The van der Waals surface area contributed by atoms with E-state index in [1.807, 2.05) is 0 Å². The molecule has 100 valence electrons. The lowest BCUT2D eigenvalue weighted by Gasteiger charge is -2.09. The van der Waals surface area contributed by atoms with E-state index in [1.54, 1.807) is 5.38 Å². The summed E-state index contributed by atoms with van der Waals surface area (Å²) >= 11 is 1.37. The Bertz CT molecular complexity index is 404. The van der Waals surface area contributed by atoms with Crippen molar-refractivity contribution in [1.29, 1.82) is 0 Å². The summed E-state index contributed by atoms with van der Waals surface area (Å²) in [5.74, 6) is -1.06. The third-order valence-corrected chi connectivity index (χ3v) is 3.69. The average Bonchev–Trinajstić information content (AvgIpc) is 2.99. The molecular weight excluding hydrogens is 254 g/mol. The number of hydrogen-bond acceptors (Lipinski definition) is 6. The van der Waals surface area contributed by atoms with Gasteiger partial charge < -0.3 is 20.9 Å². The Morgan fingerprint density at radius 1 is 1.78 bits per heavy atom. The normalized spacial score (nSPS) is 20.8. The fourth-order valence-corrected chi connectivity index (χ4v) is 2.62. The third-order valence-electron chi connectivity index (χ3n) is 2.87. The van der Waals surface area contributed by atoms with E-state index in [1.165, 1.54) is 11.3 Å². The quantitative estimate of drug-likeness (QED) is 0.719. The smallest absolute Gasteiger partial charge is 0.326 e. The highest BCUT2D eigenvalue weighted by atomic mass is 32.1. The monoisotopic (exact) mass is 271 g/mol. The molecule has 2 heterocycles. The van der Waals surface area contributed by atoms with Crippen LogP contribution in [0.2, 0.25) is 0 Å². The van der Waals surface area contributed by atoms with Crippen molar-refractivity contribution in [3.63, 3.8) is 0 Å². The van der Waals surface area contributed by atoms with E-state index in [0.717, 1.165) is 32.4 Å². The molecule has 4 N–H and O–H groups in total. The Morgan fingerprint density at radius 2 is 2.61 bits per heavy atom. The molecule has 0 bridgehead atoms. The Labute approximate surface area is 109 Å². The van der Waals surface area contributed by atoms with Crippen LogP contribution in [0.5, 0.6) is 0 Å². The Hall–Kier alpha value is -1.18. The van der Waals surface area contributed by atoms with E-state index in [9.17, 15) is 4.79 Å². The topological polar surface area (TPSA) is 97.5 Å². The molecule has 6 nitrogen and oxygen atoms in total. The van der Waals surface area contributed by atoms with E-state index in [0.29, 0.717) is 16.9 Å². The number of anilines is 1. The molecule has 0 aliphatic carbocycles. The van der Waals surface area contributed by atoms with Gasteiger partial charge in [0.25, 0.3) is 0 Å². The molecular formula is C11H17N3O3S. The number of carbonyl (C=O) groups is 1. The molecule has 1 saturated heterocycles. The van der Waals surface area contributed by atoms with Gasteiger partial charge >= 0.3 is 5.97 Å². The van der Waals surface area contributed by atoms with Crippen molar-refractivity contribution >= 4 is 22.4 Å². The minimum Gasteiger partial charge on any atom is -0.480 e. The molecule has 2 atom stereocenters. The molecule has 7 heteroatoms. The number of nitrogens with zero attached hydrogens (tertiary/aromatic N) is 1. The zero-order chi connectivity index (χ0) is 13.0. The number of nitrogens with one attached hydrogen (secondary N) is 1. The zero-order valence-electron chi connectivity index (χ0n) is 9.96. The van der Waals surface area contributed by atoms with Crippen molar-refractivity contribution in [2.75, 3.05) is 18.5 Å². The SMILES string of the molecule is NC(C(=O)O)c1csc(NCCC2CCCO2)n1. The molecule has 1 aliphatic heterocycles. The van der Waals surface area contributed by atoms with Gasteiger partial charge in [0.1, 0.15) is 6.04 Å². The Morgan fingerprint density at radius 3 is 3.28 bits per heavy atom. The van der Waals surface area contributed by atoms with Crippen LogP contribution in [0.3, 0.4) is 0 Å². The van der Waals surface area contributed by atoms with Crippen molar-refractivity contribution in [3.8, 4) is 0 Å². The Kier molecular flexibility index (Phi) is 4.51. The van der Waals surface area contributed by atoms with E-state index >= 15 is 0 Å². The number of carboxylic acids is 1. The predicted molar refractivity (Wildman–Crippen MR) is 68.8 cm³/mol. The van der Waals surface area contributed by atoms with E-state index in [2.05, 4.69) is 10.3 Å². The first-order valence-electron chi connectivity index (χ1n) is 5.96. The molecule has 18 heavy (non-hydrogen) atoms. The van der Waals surface area contributed by atoms with Gasteiger partial charge in [0.05, 0.1) is 11.8 Å². The summed E-state index contributed by atoms with van der Waals surface area (Å²) in [6, 6.07) is -1.05. The average molecular weight is 271 g/mol. The minimum atomic E-state index is -1.06. The first kappa shape index (κ1) is 13.3.